The highest BCUT2D eigenvalue weighted by Crippen LogP contribution is 2.21. The summed E-state index contributed by atoms with van der Waals surface area (Å²) in [6, 6.07) is 3.82. The van der Waals surface area contributed by atoms with Gasteiger partial charge in [-0.05, 0) is 23.7 Å². The third kappa shape index (κ3) is 1.56. The Morgan fingerprint density at radius 3 is 3.08 bits per heavy atom. The molecule has 0 aliphatic rings. The lowest BCUT2D eigenvalue weighted by Gasteiger charge is -1.96. The third-order valence-corrected chi connectivity index (χ3v) is 2.42. The van der Waals surface area contributed by atoms with Gasteiger partial charge < -0.3 is 5.73 Å². The first-order valence-corrected chi connectivity index (χ1v) is 4.61. The van der Waals surface area contributed by atoms with E-state index in [9.17, 15) is 0 Å². The number of nitrogens with zero attached hydrogens (tertiary/aromatic N) is 3. The van der Waals surface area contributed by atoms with Gasteiger partial charge in [0.25, 0.3) is 0 Å². The normalized spacial score (nSPS) is 10.2. The molecule has 13 heavy (non-hydrogen) atoms. The zero-order valence-electron chi connectivity index (χ0n) is 6.84. The van der Waals surface area contributed by atoms with Crippen LogP contribution in [0.15, 0.2) is 24.5 Å². The van der Waals surface area contributed by atoms with Gasteiger partial charge in [0.2, 0.25) is 0 Å². The van der Waals surface area contributed by atoms with Crippen LogP contribution in [0.3, 0.4) is 0 Å². The largest absolute Gasteiger partial charge is 0.326 e. The van der Waals surface area contributed by atoms with E-state index in [2.05, 4.69) is 14.6 Å². The van der Waals surface area contributed by atoms with Crippen molar-refractivity contribution in [3.63, 3.8) is 0 Å². The van der Waals surface area contributed by atoms with Crippen LogP contribution in [-0.4, -0.2) is 14.6 Å². The second-order valence-corrected chi connectivity index (χ2v) is 3.33. The summed E-state index contributed by atoms with van der Waals surface area (Å²) in [5.41, 5.74) is 7.36. The second kappa shape index (κ2) is 3.59. The summed E-state index contributed by atoms with van der Waals surface area (Å²) in [5, 5.41) is 4.01. The summed E-state index contributed by atoms with van der Waals surface area (Å²) in [6.45, 7) is 0.474. The summed E-state index contributed by atoms with van der Waals surface area (Å²) < 4.78 is 3.85. The van der Waals surface area contributed by atoms with E-state index >= 15 is 0 Å². The van der Waals surface area contributed by atoms with E-state index in [0.29, 0.717) is 6.54 Å². The highest BCUT2D eigenvalue weighted by Gasteiger charge is 2.07. The molecule has 0 saturated heterocycles. The summed E-state index contributed by atoms with van der Waals surface area (Å²) in [6.07, 6.45) is 3.49. The first-order chi connectivity index (χ1) is 6.42. The molecule has 66 valence electrons. The Balaban J connectivity index is 2.47. The fraction of sp³-hybridized carbons (Fsp3) is 0.125. The van der Waals surface area contributed by atoms with Crippen molar-refractivity contribution in [2.45, 2.75) is 6.54 Å². The van der Waals surface area contributed by atoms with E-state index in [1.54, 1.807) is 12.4 Å². The van der Waals surface area contributed by atoms with Crippen LogP contribution in [0.4, 0.5) is 0 Å². The van der Waals surface area contributed by atoms with Gasteiger partial charge in [-0.3, -0.25) is 4.98 Å². The van der Waals surface area contributed by atoms with Crippen molar-refractivity contribution in [3.8, 4) is 11.3 Å². The first-order valence-electron chi connectivity index (χ1n) is 3.83. The van der Waals surface area contributed by atoms with Crippen LogP contribution in [-0.2, 0) is 6.54 Å². The van der Waals surface area contributed by atoms with Crippen LogP contribution in [0.2, 0.25) is 0 Å². The van der Waals surface area contributed by atoms with Crippen molar-refractivity contribution in [1.82, 2.24) is 14.6 Å². The zero-order valence-corrected chi connectivity index (χ0v) is 7.66. The highest BCUT2D eigenvalue weighted by molar-refractivity contribution is 7.05. The van der Waals surface area contributed by atoms with Gasteiger partial charge in [0.1, 0.15) is 5.69 Å². The number of rotatable bonds is 2. The molecule has 0 atom stereocenters. The molecule has 0 radical (unpaired) electrons. The van der Waals surface area contributed by atoms with Crippen molar-refractivity contribution >= 4 is 11.5 Å². The molecule has 0 amide bonds. The molecule has 2 aromatic rings. The molecule has 0 unspecified atom stereocenters. The van der Waals surface area contributed by atoms with Gasteiger partial charge in [-0.1, -0.05) is 4.49 Å². The standard InChI is InChI=1S/C8H8N4S/c9-4-7-8(11-12-13-7)6-2-1-3-10-5-6/h1-3,5H,4,9H2. The van der Waals surface area contributed by atoms with Crippen molar-refractivity contribution in [1.29, 1.82) is 0 Å². The second-order valence-electron chi connectivity index (χ2n) is 2.49. The molecule has 0 aliphatic carbocycles. The van der Waals surface area contributed by atoms with Crippen molar-refractivity contribution < 1.29 is 0 Å². The molecule has 0 saturated carbocycles. The Hall–Kier alpha value is -1.33. The lowest BCUT2D eigenvalue weighted by molar-refractivity contribution is 1.08. The van der Waals surface area contributed by atoms with Crippen LogP contribution in [0.25, 0.3) is 11.3 Å². The molecule has 0 fully saturated rings. The van der Waals surface area contributed by atoms with Gasteiger partial charge in [-0.15, -0.1) is 5.10 Å². The minimum Gasteiger partial charge on any atom is -0.326 e. The van der Waals surface area contributed by atoms with Crippen molar-refractivity contribution in [3.05, 3.63) is 29.4 Å². The number of hydrogen-bond donors (Lipinski definition) is 1. The highest BCUT2D eigenvalue weighted by atomic mass is 32.1. The van der Waals surface area contributed by atoms with Crippen LogP contribution < -0.4 is 5.73 Å². The Labute approximate surface area is 79.6 Å². The van der Waals surface area contributed by atoms with E-state index in [-0.39, 0.29) is 0 Å². The van der Waals surface area contributed by atoms with Crippen LogP contribution in [0.5, 0.6) is 0 Å². The van der Waals surface area contributed by atoms with E-state index < -0.39 is 0 Å². The van der Waals surface area contributed by atoms with Gasteiger partial charge in [-0.2, -0.15) is 0 Å². The van der Waals surface area contributed by atoms with Gasteiger partial charge >= 0.3 is 0 Å². The van der Waals surface area contributed by atoms with Crippen molar-refractivity contribution in [2.75, 3.05) is 0 Å². The maximum absolute atomic E-state index is 5.54. The number of pyridine rings is 1. The van der Waals surface area contributed by atoms with E-state index in [1.165, 1.54) is 11.5 Å². The molecular formula is C8H8N4S. The molecule has 2 rings (SSSR count). The van der Waals surface area contributed by atoms with Gasteiger partial charge in [0.15, 0.2) is 0 Å². The quantitative estimate of drug-likeness (QED) is 0.772. The smallest absolute Gasteiger partial charge is 0.111 e. The number of hydrogen-bond acceptors (Lipinski definition) is 5. The lowest BCUT2D eigenvalue weighted by atomic mass is 10.2. The van der Waals surface area contributed by atoms with Crippen molar-refractivity contribution in [2.24, 2.45) is 5.73 Å². The summed E-state index contributed by atoms with van der Waals surface area (Å²) >= 11 is 1.33. The molecule has 0 aliphatic heterocycles. The average Bonchev–Trinajstić information content (AvgIpc) is 2.67. The van der Waals surface area contributed by atoms with Gasteiger partial charge in [-0.25, -0.2) is 0 Å². The average molecular weight is 192 g/mol. The Morgan fingerprint density at radius 2 is 2.38 bits per heavy atom. The Kier molecular flexibility index (Phi) is 2.29. The molecule has 0 bridgehead atoms. The fourth-order valence-electron chi connectivity index (χ4n) is 1.07. The topological polar surface area (TPSA) is 64.7 Å². The molecule has 4 nitrogen and oxygen atoms in total. The van der Waals surface area contributed by atoms with E-state index in [0.717, 1.165) is 16.1 Å². The fourth-order valence-corrected chi connectivity index (χ4v) is 1.61. The number of nitrogens with two attached hydrogens (primary N) is 1. The van der Waals surface area contributed by atoms with Crippen LogP contribution in [0, 0.1) is 0 Å². The Morgan fingerprint density at radius 1 is 1.46 bits per heavy atom. The maximum Gasteiger partial charge on any atom is 0.111 e. The van der Waals surface area contributed by atoms with Crippen LogP contribution in [0.1, 0.15) is 4.88 Å². The first kappa shape index (κ1) is 8.28. The van der Waals surface area contributed by atoms with Gasteiger partial charge in [0.05, 0.1) is 4.88 Å². The molecule has 2 heterocycles. The molecule has 2 N–H and O–H groups in total. The minimum atomic E-state index is 0.474. The van der Waals surface area contributed by atoms with Crippen LogP contribution >= 0.6 is 11.5 Å². The van der Waals surface area contributed by atoms with E-state index in [1.807, 2.05) is 12.1 Å². The Bertz CT molecular complexity index is 384. The molecule has 0 spiro atoms. The summed E-state index contributed by atoms with van der Waals surface area (Å²) in [7, 11) is 0. The minimum absolute atomic E-state index is 0.474. The monoisotopic (exact) mass is 192 g/mol. The summed E-state index contributed by atoms with van der Waals surface area (Å²) in [4.78, 5) is 5.01. The van der Waals surface area contributed by atoms with E-state index in [4.69, 9.17) is 5.73 Å². The molecule has 0 aromatic carbocycles. The predicted octanol–water partition coefficient (Wildman–Crippen LogP) is 1.06. The maximum atomic E-state index is 5.54. The molecule has 5 heteroatoms. The predicted molar refractivity (Wildman–Crippen MR) is 51.0 cm³/mol. The number of aromatic nitrogens is 3. The molecular weight excluding hydrogens is 184 g/mol. The SMILES string of the molecule is NCc1snnc1-c1cccnc1. The summed E-state index contributed by atoms with van der Waals surface area (Å²) in [5.74, 6) is 0. The lowest BCUT2D eigenvalue weighted by Crippen LogP contribution is -1.95. The van der Waals surface area contributed by atoms with Gasteiger partial charge in [0, 0.05) is 24.5 Å². The third-order valence-electron chi connectivity index (χ3n) is 1.68. The molecule has 2 aromatic heterocycles. The zero-order chi connectivity index (χ0) is 9.10.